The van der Waals surface area contributed by atoms with Gasteiger partial charge in [-0.25, -0.2) is 0 Å². The van der Waals surface area contributed by atoms with Crippen molar-refractivity contribution in [3.05, 3.63) is 35.4 Å². The zero-order valence-electron chi connectivity index (χ0n) is 8.46. The lowest BCUT2D eigenvalue weighted by molar-refractivity contribution is 0.164. The summed E-state index contributed by atoms with van der Waals surface area (Å²) in [5, 5.41) is 9.57. The quantitative estimate of drug-likeness (QED) is 0.751. The van der Waals surface area contributed by atoms with E-state index in [1.54, 1.807) is 0 Å². The minimum Gasteiger partial charge on any atom is -0.393 e. The SMILES string of the molecule is CCC[C@@H](O)Cc1ccc(C)cc1. The molecule has 1 atom stereocenters. The summed E-state index contributed by atoms with van der Waals surface area (Å²) < 4.78 is 0. The zero-order valence-corrected chi connectivity index (χ0v) is 8.46. The molecule has 1 N–H and O–H groups in total. The second kappa shape index (κ2) is 5.03. The molecule has 0 bridgehead atoms. The third kappa shape index (κ3) is 3.60. The average Bonchev–Trinajstić information content (AvgIpc) is 2.09. The van der Waals surface area contributed by atoms with Crippen molar-refractivity contribution in [2.75, 3.05) is 0 Å². The molecule has 0 spiro atoms. The Morgan fingerprint density at radius 2 is 1.85 bits per heavy atom. The van der Waals surface area contributed by atoms with Crippen LogP contribution in [-0.4, -0.2) is 11.2 Å². The summed E-state index contributed by atoms with van der Waals surface area (Å²) in [5.41, 5.74) is 2.50. The van der Waals surface area contributed by atoms with Crippen LogP contribution in [0.2, 0.25) is 0 Å². The van der Waals surface area contributed by atoms with E-state index in [-0.39, 0.29) is 6.10 Å². The first-order valence-electron chi connectivity index (χ1n) is 4.96. The Labute approximate surface area is 80.4 Å². The van der Waals surface area contributed by atoms with Crippen molar-refractivity contribution in [2.24, 2.45) is 0 Å². The summed E-state index contributed by atoms with van der Waals surface area (Å²) >= 11 is 0. The Hall–Kier alpha value is -0.820. The summed E-state index contributed by atoms with van der Waals surface area (Å²) in [7, 11) is 0. The molecule has 0 saturated heterocycles. The standard InChI is InChI=1S/C12H18O/c1-3-4-12(13)9-11-7-5-10(2)6-8-11/h5-8,12-13H,3-4,9H2,1-2H3/t12-/m1/s1. The minimum atomic E-state index is -0.173. The van der Waals surface area contributed by atoms with E-state index in [2.05, 4.69) is 38.1 Å². The molecule has 0 amide bonds. The summed E-state index contributed by atoms with van der Waals surface area (Å²) in [5.74, 6) is 0. The number of hydrogen-bond donors (Lipinski definition) is 1. The van der Waals surface area contributed by atoms with Gasteiger partial charge in [-0.15, -0.1) is 0 Å². The van der Waals surface area contributed by atoms with Crippen LogP contribution in [0.5, 0.6) is 0 Å². The lowest BCUT2D eigenvalue weighted by Crippen LogP contribution is -2.09. The summed E-state index contributed by atoms with van der Waals surface area (Å²) in [6.45, 7) is 4.17. The van der Waals surface area contributed by atoms with Crippen molar-refractivity contribution in [3.8, 4) is 0 Å². The van der Waals surface area contributed by atoms with Crippen LogP contribution in [0.25, 0.3) is 0 Å². The number of hydrogen-bond acceptors (Lipinski definition) is 1. The van der Waals surface area contributed by atoms with Crippen molar-refractivity contribution in [1.29, 1.82) is 0 Å². The molecule has 1 aromatic rings. The summed E-state index contributed by atoms with van der Waals surface area (Å²) in [4.78, 5) is 0. The van der Waals surface area contributed by atoms with Gasteiger partial charge in [-0.1, -0.05) is 43.2 Å². The van der Waals surface area contributed by atoms with Gasteiger partial charge in [0.15, 0.2) is 0 Å². The molecule has 0 aromatic heterocycles. The van der Waals surface area contributed by atoms with Crippen molar-refractivity contribution < 1.29 is 5.11 Å². The first-order valence-corrected chi connectivity index (χ1v) is 4.96. The molecule has 0 saturated carbocycles. The fourth-order valence-corrected chi connectivity index (χ4v) is 1.43. The van der Waals surface area contributed by atoms with E-state index in [1.165, 1.54) is 11.1 Å². The van der Waals surface area contributed by atoms with Crippen LogP contribution in [0.1, 0.15) is 30.9 Å². The van der Waals surface area contributed by atoms with E-state index >= 15 is 0 Å². The Morgan fingerprint density at radius 1 is 1.23 bits per heavy atom. The Bertz CT molecular complexity index is 238. The highest BCUT2D eigenvalue weighted by Crippen LogP contribution is 2.08. The third-order valence-corrected chi connectivity index (χ3v) is 2.21. The van der Waals surface area contributed by atoms with Crippen LogP contribution < -0.4 is 0 Å². The molecule has 0 radical (unpaired) electrons. The minimum absolute atomic E-state index is 0.173. The van der Waals surface area contributed by atoms with Crippen LogP contribution in [0.3, 0.4) is 0 Å². The van der Waals surface area contributed by atoms with Crippen LogP contribution in [-0.2, 0) is 6.42 Å². The van der Waals surface area contributed by atoms with E-state index < -0.39 is 0 Å². The summed E-state index contributed by atoms with van der Waals surface area (Å²) in [6, 6.07) is 8.37. The maximum Gasteiger partial charge on any atom is 0.0580 e. The predicted octanol–water partition coefficient (Wildman–Crippen LogP) is 2.70. The monoisotopic (exact) mass is 178 g/mol. The number of aliphatic hydroxyl groups is 1. The molecule has 0 heterocycles. The van der Waals surface area contributed by atoms with E-state index in [9.17, 15) is 5.11 Å². The van der Waals surface area contributed by atoms with Gasteiger partial charge in [-0.3, -0.25) is 0 Å². The first kappa shape index (κ1) is 10.3. The lowest BCUT2D eigenvalue weighted by atomic mass is 10.0. The molecule has 1 heteroatoms. The molecular weight excluding hydrogens is 160 g/mol. The van der Waals surface area contributed by atoms with Gasteiger partial charge in [0, 0.05) is 0 Å². The molecule has 0 aliphatic carbocycles. The highest BCUT2D eigenvalue weighted by molar-refractivity contribution is 5.21. The molecule has 0 fully saturated rings. The average molecular weight is 178 g/mol. The molecule has 0 aliphatic heterocycles. The van der Waals surface area contributed by atoms with Gasteiger partial charge in [-0.2, -0.15) is 0 Å². The number of rotatable bonds is 4. The van der Waals surface area contributed by atoms with Gasteiger partial charge >= 0.3 is 0 Å². The Morgan fingerprint density at radius 3 is 2.38 bits per heavy atom. The maximum atomic E-state index is 9.57. The zero-order chi connectivity index (χ0) is 9.68. The number of benzene rings is 1. The fourth-order valence-electron chi connectivity index (χ4n) is 1.43. The molecule has 0 aliphatic rings. The molecule has 1 rings (SSSR count). The molecule has 1 aromatic carbocycles. The van der Waals surface area contributed by atoms with Gasteiger partial charge in [0.1, 0.15) is 0 Å². The highest BCUT2D eigenvalue weighted by Gasteiger charge is 2.03. The van der Waals surface area contributed by atoms with E-state index in [0.717, 1.165) is 19.3 Å². The van der Waals surface area contributed by atoms with Crippen LogP contribution in [0, 0.1) is 6.92 Å². The third-order valence-electron chi connectivity index (χ3n) is 2.21. The number of aliphatic hydroxyl groups excluding tert-OH is 1. The Balaban J connectivity index is 2.49. The van der Waals surface area contributed by atoms with Gasteiger partial charge in [-0.05, 0) is 25.3 Å². The second-order valence-corrected chi connectivity index (χ2v) is 3.63. The van der Waals surface area contributed by atoms with Gasteiger partial charge in [0.25, 0.3) is 0 Å². The maximum absolute atomic E-state index is 9.57. The van der Waals surface area contributed by atoms with Gasteiger partial charge in [0.05, 0.1) is 6.10 Å². The van der Waals surface area contributed by atoms with Crippen LogP contribution in [0.4, 0.5) is 0 Å². The molecule has 72 valence electrons. The molecule has 0 unspecified atom stereocenters. The largest absolute Gasteiger partial charge is 0.393 e. The second-order valence-electron chi connectivity index (χ2n) is 3.63. The molecular formula is C12H18O. The predicted molar refractivity (Wildman–Crippen MR) is 55.8 cm³/mol. The smallest absolute Gasteiger partial charge is 0.0580 e. The Kier molecular flexibility index (Phi) is 3.97. The van der Waals surface area contributed by atoms with Crippen molar-refractivity contribution in [3.63, 3.8) is 0 Å². The number of aryl methyl sites for hydroxylation is 1. The van der Waals surface area contributed by atoms with Crippen molar-refractivity contribution in [1.82, 2.24) is 0 Å². The fraction of sp³-hybridized carbons (Fsp3) is 0.500. The van der Waals surface area contributed by atoms with Crippen molar-refractivity contribution >= 4 is 0 Å². The topological polar surface area (TPSA) is 20.2 Å². The van der Waals surface area contributed by atoms with Gasteiger partial charge < -0.3 is 5.11 Å². The van der Waals surface area contributed by atoms with Crippen LogP contribution >= 0.6 is 0 Å². The highest BCUT2D eigenvalue weighted by atomic mass is 16.3. The van der Waals surface area contributed by atoms with Gasteiger partial charge in [0.2, 0.25) is 0 Å². The normalized spacial score (nSPS) is 12.8. The van der Waals surface area contributed by atoms with Crippen LogP contribution in [0.15, 0.2) is 24.3 Å². The van der Waals surface area contributed by atoms with E-state index in [1.807, 2.05) is 0 Å². The van der Waals surface area contributed by atoms with Crippen molar-refractivity contribution in [2.45, 2.75) is 39.2 Å². The lowest BCUT2D eigenvalue weighted by Gasteiger charge is -2.08. The summed E-state index contributed by atoms with van der Waals surface area (Å²) in [6.07, 6.45) is 2.56. The van der Waals surface area contributed by atoms with E-state index in [4.69, 9.17) is 0 Å². The molecule has 1 nitrogen and oxygen atoms in total. The van der Waals surface area contributed by atoms with E-state index in [0.29, 0.717) is 0 Å². The molecule has 13 heavy (non-hydrogen) atoms. The first-order chi connectivity index (χ1) is 6.22.